The van der Waals surface area contributed by atoms with Gasteiger partial charge in [0.25, 0.3) is 0 Å². The molecule has 0 amide bonds. The lowest BCUT2D eigenvalue weighted by atomic mass is 9.47. The maximum Gasteiger partial charge on any atom is 0.171 e. The Morgan fingerprint density at radius 2 is 1.57 bits per heavy atom. The Kier molecular flexibility index (Phi) is 2.69. The lowest BCUT2D eigenvalue weighted by Crippen LogP contribution is -2.65. The van der Waals surface area contributed by atoms with Gasteiger partial charge in [-0.2, -0.15) is 0 Å². The van der Waals surface area contributed by atoms with Crippen LogP contribution < -0.4 is 0 Å². The van der Waals surface area contributed by atoms with Crippen LogP contribution in [0.1, 0.15) is 58.3 Å². The molecule has 0 aromatic heterocycles. The van der Waals surface area contributed by atoms with Gasteiger partial charge in [-0.1, -0.05) is 25.7 Å². The van der Waals surface area contributed by atoms with E-state index in [0.29, 0.717) is 0 Å². The highest BCUT2D eigenvalue weighted by molar-refractivity contribution is 6.08. The van der Waals surface area contributed by atoms with Crippen LogP contribution in [0.5, 0.6) is 0 Å². The summed E-state index contributed by atoms with van der Waals surface area (Å²) in [5.74, 6) is -0.531. The third-order valence-electron chi connectivity index (χ3n) is 7.87. The monoisotopic (exact) mass is 316 g/mol. The first-order valence-electron chi connectivity index (χ1n) is 9.31. The summed E-state index contributed by atoms with van der Waals surface area (Å²) in [7, 11) is 0. The minimum absolute atomic E-state index is 0.101. The predicted octanol–water partition coefficient (Wildman–Crippen LogP) is 2.48. The van der Waals surface area contributed by atoms with E-state index in [2.05, 4.69) is 0 Å². The molecule has 5 fully saturated rings. The molecule has 5 aliphatic rings. The van der Waals surface area contributed by atoms with Crippen LogP contribution >= 0.6 is 0 Å². The molecule has 0 aromatic carbocycles. The first kappa shape index (κ1) is 14.3. The van der Waals surface area contributed by atoms with Crippen molar-refractivity contribution in [3.05, 3.63) is 0 Å². The molecule has 3 saturated carbocycles. The Hall–Kier alpha value is -1.03. The van der Waals surface area contributed by atoms with Gasteiger partial charge < -0.3 is 4.74 Å². The Morgan fingerprint density at radius 3 is 2.30 bits per heavy atom. The van der Waals surface area contributed by atoms with E-state index >= 15 is 0 Å². The van der Waals surface area contributed by atoms with Crippen LogP contribution in [-0.2, 0) is 19.1 Å². The van der Waals surface area contributed by atoms with Crippen molar-refractivity contribution in [2.24, 2.45) is 29.1 Å². The number of hydrogen-bond donors (Lipinski definition) is 0. The molecule has 1 spiro atoms. The zero-order chi connectivity index (χ0) is 16.0. The van der Waals surface area contributed by atoms with E-state index in [1.165, 1.54) is 0 Å². The smallest absolute Gasteiger partial charge is 0.171 e. The highest BCUT2D eigenvalue weighted by Gasteiger charge is 2.78. The molecule has 3 aliphatic carbocycles. The Balaban J connectivity index is 1.65. The highest BCUT2D eigenvalue weighted by atomic mass is 16.5. The fourth-order valence-electron chi connectivity index (χ4n) is 6.75. The lowest BCUT2D eigenvalue weighted by Gasteiger charge is -2.52. The van der Waals surface area contributed by atoms with Crippen molar-refractivity contribution >= 4 is 17.3 Å². The van der Waals surface area contributed by atoms with Gasteiger partial charge in [0.15, 0.2) is 5.78 Å². The van der Waals surface area contributed by atoms with Gasteiger partial charge in [-0.25, -0.2) is 0 Å². The van der Waals surface area contributed by atoms with Gasteiger partial charge in [-0.15, -0.1) is 0 Å². The maximum atomic E-state index is 13.3. The summed E-state index contributed by atoms with van der Waals surface area (Å²) in [6.07, 6.45) is 6.70. The Labute approximate surface area is 136 Å². The number of hydrogen-bond acceptors (Lipinski definition) is 4. The predicted molar refractivity (Wildman–Crippen MR) is 81.6 cm³/mol. The molecule has 124 valence electrons. The first-order chi connectivity index (χ1) is 11.0. The number of carbonyl (C=O) groups excluding carboxylic acids is 3. The molecule has 4 nitrogen and oxygen atoms in total. The summed E-state index contributed by atoms with van der Waals surface area (Å²) in [5.41, 5.74) is -1.22. The molecule has 5 rings (SSSR count). The van der Waals surface area contributed by atoms with E-state index in [1.807, 2.05) is 6.92 Å². The zero-order valence-corrected chi connectivity index (χ0v) is 13.7. The summed E-state index contributed by atoms with van der Waals surface area (Å²) in [6, 6.07) is 0. The summed E-state index contributed by atoms with van der Waals surface area (Å²) in [5, 5.41) is 0. The van der Waals surface area contributed by atoms with Crippen LogP contribution in [0.4, 0.5) is 0 Å². The summed E-state index contributed by atoms with van der Waals surface area (Å²) in [4.78, 5) is 39.4. The van der Waals surface area contributed by atoms with Crippen molar-refractivity contribution in [2.45, 2.75) is 70.0 Å². The van der Waals surface area contributed by atoms with E-state index in [1.54, 1.807) is 0 Å². The second-order valence-electron chi connectivity index (χ2n) is 8.64. The number of fused-ring (bicyclic) bond motifs is 4. The molecule has 0 radical (unpaired) electrons. The minimum atomic E-state index is -0.674. The molecule has 4 heteroatoms. The number of ether oxygens (including phenoxy) is 1. The van der Waals surface area contributed by atoms with Crippen molar-refractivity contribution in [3.8, 4) is 0 Å². The van der Waals surface area contributed by atoms with Gasteiger partial charge in [0.2, 0.25) is 0 Å². The second-order valence-corrected chi connectivity index (χ2v) is 8.64. The van der Waals surface area contributed by atoms with Crippen LogP contribution in [0, 0.1) is 29.1 Å². The molecule has 2 aliphatic heterocycles. The van der Waals surface area contributed by atoms with Gasteiger partial charge >= 0.3 is 0 Å². The second kappa shape index (κ2) is 4.33. The van der Waals surface area contributed by atoms with Crippen molar-refractivity contribution in [2.75, 3.05) is 0 Å². The van der Waals surface area contributed by atoms with E-state index in [9.17, 15) is 14.4 Å². The molecular formula is C19H24O4. The fourth-order valence-corrected chi connectivity index (χ4v) is 6.75. The standard InChI is InChI=1S/C19H24O4/c1-18-8-4-5-9-19(18)13-12(16(23-19)17(18)22)14(20)10-6-2-3-7-11(10)15(13)21/h10-13,16H,2-9H2,1H3/t10?,11?,12-,13+,16+,18+,19-/m0/s1. The largest absolute Gasteiger partial charge is 0.361 e. The average Bonchev–Trinajstić information content (AvgIpc) is 3.02. The number of rotatable bonds is 0. The maximum absolute atomic E-state index is 13.3. The normalized spacial score (nSPS) is 54.7. The van der Waals surface area contributed by atoms with Crippen molar-refractivity contribution in [3.63, 3.8) is 0 Å². The molecular weight excluding hydrogens is 292 g/mol. The lowest BCUT2D eigenvalue weighted by molar-refractivity contribution is -0.163. The van der Waals surface area contributed by atoms with E-state index in [0.717, 1.165) is 51.4 Å². The molecule has 0 aromatic rings. The van der Waals surface area contributed by atoms with Crippen molar-refractivity contribution < 1.29 is 19.1 Å². The van der Waals surface area contributed by atoms with E-state index in [4.69, 9.17) is 4.74 Å². The van der Waals surface area contributed by atoms with Gasteiger partial charge in [-0.05, 0) is 32.6 Å². The van der Waals surface area contributed by atoms with Gasteiger partial charge in [0.1, 0.15) is 17.7 Å². The number of Topliss-reactive ketones (excluding diaryl/α,β-unsaturated/α-hetero) is 3. The molecule has 2 saturated heterocycles. The number of ketones is 3. The first-order valence-corrected chi connectivity index (χ1v) is 9.31. The molecule has 2 unspecified atom stereocenters. The number of carbonyl (C=O) groups is 3. The molecule has 0 N–H and O–H groups in total. The Morgan fingerprint density at radius 1 is 0.913 bits per heavy atom. The van der Waals surface area contributed by atoms with Crippen molar-refractivity contribution in [1.82, 2.24) is 0 Å². The topological polar surface area (TPSA) is 60.4 Å². The third kappa shape index (κ3) is 1.42. The zero-order valence-electron chi connectivity index (χ0n) is 13.7. The summed E-state index contributed by atoms with van der Waals surface area (Å²) >= 11 is 0. The van der Waals surface area contributed by atoms with Crippen LogP contribution in [0.2, 0.25) is 0 Å². The van der Waals surface area contributed by atoms with Crippen LogP contribution in [0.3, 0.4) is 0 Å². The molecule has 2 heterocycles. The highest BCUT2D eigenvalue weighted by Crippen LogP contribution is 2.67. The molecule has 23 heavy (non-hydrogen) atoms. The van der Waals surface area contributed by atoms with E-state index in [-0.39, 0.29) is 35.1 Å². The summed E-state index contributed by atoms with van der Waals surface area (Å²) in [6.45, 7) is 2.00. The SMILES string of the molecule is C[C@]12CCCC[C@@]13O[C@@H](C2=O)[C@@H]1C(=O)C2CCCCC2C(=O)[C@@H]13. The molecule has 2 bridgehead atoms. The Bertz CT molecular complexity index is 625. The quantitative estimate of drug-likeness (QED) is 0.689. The van der Waals surface area contributed by atoms with E-state index < -0.39 is 23.0 Å². The summed E-state index contributed by atoms with van der Waals surface area (Å²) < 4.78 is 6.28. The minimum Gasteiger partial charge on any atom is -0.361 e. The fraction of sp³-hybridized carbons (Fsp3) is 0.842. The van der Waals surface area contributed by atoms with Crippen LogP contribution in [0.25, 0.3) is 0 Å². The van der Waals surface area contributed by atoms with Crippen LogP contribution in [0.15, 0.2) is 0 Å². The average molecular weight is 316 g/mol. The van der Waals surface area contributed by atoms with Gasteiger partial charge in [0, 0.05) is 11.8 Å². The van der Waals surface area contributed by atoms with Gasteiger partial charge in [-0.3, -0.25) is 14.4 Å². The van der Waals surface area contributed by atoms with Gasteiger partial charge in [0.05, 0.1) is 22.9 Å². The third-order valence-corrected chi connectivity index (χ3v) is 7.87. The molecule has 7 atom stereocenters. The van der Waals surface area contributed by atoms with Crippen LogP contribution in [-0.4, -0.2) is 29.1 Å². The van der Waals surface area contributed by atoms with Crippen molar-refractivity contribution in [1.29, 1.82) is 0 Å².